The van der Waals surface area contributed by atoms with Crippen LogP contribution in [0.5, 0.6) is 0 Å². The highest BCUT2D eigenvalue weighted by molar-refractivity contribution is 8.00. The second-order valence-corrected chi connectivity index (χ2v) is 7.19. The molecule has 9 heteroatoms. The summed E-state index contributed by atoms with van der Waals surface area (Å²) in [5.74, 6) is 2.21. The molecule has 3 heterocycles. The zero-order valence-corrected chi connectivity index (χ0v) is 16.0. The fourth-order valence-corrected chi connectivity index (χ4v) is 4.29. The summed E-state index contributed by atoms with van der Waals surface area (Å²) in [6, 6.07) is 11.3. The van der Waals surface area contributed by atoms with E-state index in [0.29, 0.717) is 28.8 Å². The number of rotatable bonds is 4. The summed E-state index contributed by atoms with van der Waals surface area (Å²) in [4.78, 5) is 23.2. The first-order valence-corrected chi connectivity index (χ1v) is 9.71. The summed E-state index contributed by atoms with van der Waals surface area (Å²) in [7, 11) is 0. The number of pyridine rings is 1. The van der Waals surface area contributed by atoms with Gasteiger partial charge in [0.05, 0.1) is 11.4 Å². The number of nitrogens with one attached hydrogen (secondary N) is 1. The molecule has 1 aromatic carbocycles. The van der Waals surface area contributed by atoms with Crippen LogP contribution < -0.4 is 4.90 Å². The van der Waals surface area contributed by atoms with Crippen LogP contribution in [0.25, 0.3) is 11.5 Å². The van der Waals surface area contributed by atoms with Gasteiger partial charge in [0, 0.05) is 11.2 Å². The normalized spacial score (nSPS) is 13.4. The predicted octanol–water partition coefficient (Wildman–Crippen LogP) is 3.35. The Kier molecular flexibility index (Phi) is 4.91. The number of fused-ring (bicyclic) bond motifs is 1. The van der Waals surface area contributed by atoms with Crippen LogP contribution in [0.3, 0.4) is 0 Å². The first-order valence-electron chi connectivity index (χ1n) is 8.35. The van der Waals surface area contributed by atoms with E-state index in [0.717, 1.165) is 22.8 Å². The molecule has 3 aromatic rings. The fourth-order valence-electron chi connectivity index (χ4n) is 2.94. The summed E-state index contributed by atoms with van der Waals surface area (Å²) in [6.07, 6.45) is 2.42. The molecule has 1 N–H and O–H groups in total. The zero-order valence-electron chi connectivity index (χ0n) is 14.5. The molecule has 0 spiro atoms. The Morgan fingerprint density at radius 3 is 3.00 bits per heavy atom. The second kappa shape index (κ2) is 7.50. The van der Waals surface area contributed by atoms with Gasteiger partial charge in [-0.15, -0.1) is 21.8 Å². The number of amides is 1. The van der Waals surface area contributed by atoms with Crippen LogP contribution in [0.1, 0.15) is 6.92 Å². The van der Waals surface area contributed by atoms with E-state index in [1.54, 1.807) is 18.0 Å². The number of halogens is 1. The van der Waals surface area contributed by atoms with Crippen molar-refractivity contribution in [1.82, 2.24) is 20.2 Å². The zero-order chi connectivity index (χ0) is 18.8. The Balaban J connectivity index is 1.75. The smallest absolute Gasteiger partial charge is 0.254 e. The average molecular weight is 400 g/mol. The SMILES string of the molecule is CC[N+]1=C(N(C=O)c2n[nH]c(-c3ccccn3)n2)CSc2cc(Cl)ccc21. The average Bonchev–Trinajstić information content (AvgIpc) is 3.19. The van der Waals surface area contributed by atoms with Crippen LogP contribution in [0.15, 0.2) is 47.5 Å². The lowest BCUT2D eigenvalue weighted by Crippen LogP contribution is -2.40. The number of amidine groups is 1. The highest BCUT2D eigenvalue weighted by atomic mass is 35.5. The number of thioether (sulfide) groups is 1. The van der Waals surface area contributed by atoms with Crippen LogP contribution in [-0.2, 0) is 4.79 Å². The van der Waals surface area contributed by atoms with Crippen LogP contribution >= 0.6 is 23.4 Å². The van der Waals surface area contributed by atoms with Crippen molar-refractivity contribution in [2.24, 2.45) is 0 Å². The van der Waals surface area contributed by atoms with Crippen LogP contribution in [0, 0.1) is 0 Å². The largest absolute Gasteiger partial charge is 0.347 e. The fraction of sp³-hybridized carbons (Fsp3) is 0.167. The van der Waals surface area contributed by atoms with Gasteiger partial charge < -0.3 is 0 Å². The molecule has 0 saturated heterocycles. The topological polar surface area (TPSA) is 77.8 Å². The molecule has 27 heavy (non-hydrogen) atoms. The van der Waals surface area contributed by atoms with Gasteiger partial charge in [-0.3, -0.25) is 14.9 Å². The van der Waals surface area contributed by atoms with Crippen molar-refractivity contribution in [3.8, 4) is 11.5 Å². The Labute approximate surface area is 165 Å². The Morgan fingerprint density at radius 1 is 1.37 bits per heavy atom. The number of H-pyrrole nitrogens is 1. The van der Waals surface area contributed by atoms with E-state index >= 15 is 0 Å². The minimum atomic E-state index is 0.289. The van der Waals surface area contributed by atoms with Gasteiger partial charge >= 0.3 is 12.4 Å². The molecule has 0 fully saturated rings. The number of hydrogen-bond donors (Lipinski definition) is 1. The molecule has 0 saturated carbocycles. The third-order valence-corrected chi connectivity index (χ3v) is 5.45. The number of aromatic nitrogens is 4. The number of nitrogens with zero attached hydrogens (tertiary/aromatic N) is 5. The van der Waals surface area contributed by atoms with Gasteiger partial charge in [0.25, 0.3) is 5.84 Å². The van der Waals surface area contributed by atoms with Crippen molar-refractivity contribution < 1.29 is 9.37 Å². The maximum Gasteiger partial charge on any atom is 0.347 e. The number of benzene rings is 1. The van der Waals surface area contributed by atoms with E-state index in [2.05, 4.69) is 24.7 Å². The quantitative estimate of drug-likeness (QED) is 0.537. The highest BCUT2D eigenvalue weighted by Crippen LogP contribution is 2.36. The number of carbonyl (C=O) groups excluding carboxylic acids is 1. The molecule has 0 aliphatic carbocycles. The summed E-state index contributed by atoms with van der Waals surface area (Å²) in [6.45, 7) is 2.74. The molecule has 0 bridgehead atoms. The summed E-state index contributed by atoms with van der Waals surface area (Å²) < 4.78 is 2.08. The summed E-state index contributed by atoms with van der Waals surface area (Å²) >= 11 is 7.75. The van der Waals surface area contributed by atoms with Gasteiger partial charge in [-0.05, 0) is 37.3 Å². The Bertz CT molecular complexity index is 1020. The monoisotopic (exact) mass is 399 g/mol. The maximum absolute atomic E-state index is 11.9. The Morgan fingerprint density at radius 2 is 2.26 bits per heavy atom. The molecule has 4 rings (SSSR count). The summed E-state index contributed by atoms with van der Waals surface area (Å²) in [5.41, 5.74) is 1.68. The highest BCUT2D eigenvalue weighted by Gasteiger charge is 2.33. The maximum atomic E-state index is 11.9. The van der Waals surface area contributed by atoms with Gasteiger partial charge in [-0.1, -0.05) is 17.7 Å². The minimum Gasteiger partial charge on any atom is -0.254 e. The van der Waals surface area contributed by atoms with Crippen molar-refractivity contribution in [3.63, 3.8) is 0 Å². The molecular formula is C18H16ClN6OS+. The molecule has 0 radical (unpaired) electrons. The third-order valence-electron chi connectivity index (χ3n) is 4.18. The molecule has 2 aromatic heterocycles. The lowest BCUT2D eigenvalue weighted by atomic mass is 10.3. The van der Waals surface area contributed by atoms with Gasteiger partial charge in [-0.2, -0.15) is 4.98 Å². The van der Waals surface area contributed by atoms with E-state index in [1.165, 1.54) is 4.90 Å². The van der Waals surface area contributed by atoms with Crippen molar-refractivity contribution in [2.75, 3.05) is 17.2 Å². The van der Waals surface area contributed by atoms with E-state index in [4.69, 9.17) is 11.6 Å². The number of hydrogen-bond acceptors (Lipinski definition) is 5. The van der Waals surface area contributed by atoms with E-state index < -0.39 is 0 Å². The van der Waals surface area contributed by atoms with E-state index in [1.807, 2.05) is 43.3 Å². The Hall–Kier alpha value is -2.71. The molecule has 1 aliphatic rings. The summed E-state index contributed by atoms with van der Waals surface area (Å²) in [5, 5.41) is 7.77. The first kappa shape index (κ1) is 17.7. The predicted molar refractivity (Wildman–Crippen MR) is 106 cm³/mol. The lowest BCUT2D eigenvalue weighted by molar-refractivity contribution is -0.440. The van der Waals surface area contributed by atoms with Gasteiger partial charge in [-0.25, -0.2) is 4.58 Å². The van der Waals surface area contributed by atoms with Gasteiger partial charge in [0.15, 0.2) is 5.82 Å². The van der Waals surface area contributed by atoms with Crippen LogP contribution in [0.4, 0.5) is 11.6 Å². The standard InChI is InChI=1S/C18H16ClN6OS/c1-2-24-14-7-6-12(19)9-15(14)27-10-16(24)25(11-26)18-21-17(22-23-18)13-5-3-4-8-20-13/h3-9,11H,2,10H2,1H3,(H,21,22,23)/q+1. The van der Waals surface area contributed by atoms with E-state index in [-0.39, 0.29) is 5.95 Å². The number of aromatic amines is 1. The second-order valence-electron chi connectivity index (χ2n) is 5.74. The van der Waals surface area contributed by atoms with Crippen molar-refractivity contribution in [3.05, 3.63) is 47.6 Å². The third kappa shape index (κ3) is 3.33. The molecule has 1 amide bonds. The molecule has 136 valence electrons. The van der Waals surface area contributed by atoms with Crippen LogP contribution in [0.2, 0.25) is 5.02 Å². The van der Waals surface area contributed by atoms with Crippen molar-refractivity contribution in [1.29, 1.82) is 0 Å². The molecule has 0 unspecified atom stereocenters. The molecule has 0 atom stereocenters. The van der Waals surface area contributed by atoms with Crippen LogP contribution in [-0.4, -0.2) is 49.3 Å². The van der Waals surface area contributed by atoms with E-state index in [9.17, 15) is 4.79 Å². The molecule has 7 nitrogen and oxygen atoms in total. The number of anilines is 1. The van der Waals surface area contributed by atoms with Gasteiger partial charge in [0.1, 0.15) is 17.1 Å². The van der Waals surface area contributed by atoms with Crippen molar-refractivity contribution >= 4 is 47.2 Å². The van der Waals surface area contributed by atoms with Gasteiger partial charge in [0.2, 0.25) is 0 Å². The number of carbonyl (C=O) groups is 1. The minimum absolute atomic E-state index is 0.289. The molecular weight excluding hydrogens is 384 g/mol. The molecule has 1 aliphatic heterocycles. The van der Waals surface area contributed by atoms with Crippen molar-refractivity contribution in [2.45, 2.75) is 11.8 Å². The lowest BCUT2D eigenvalue weighted by Gasteiger charge is -2.21. The first-order chi connectivity index (χ1) is 13.2.